The van der Waals surface area contributed by atoms with Gasteiger partial charge in [0.15, 0.2) is 11.6 Å². The number of carbonyl (C=O) groups excluding carboxylic acids is 1. The number of ketones is 1. The van der Waals surface area contributed by atoms with E-state index in [0.29, 0.717) is 12.1 Å². The van der Waals surface area contributed by atoms with Gasteiger partial charge in [-0.1, -0.05) is 72.8 Å². The van der Waals surface area contributed by atoms with Crippen molar-refractivity contribution in [1.82, 2.24) is 0 Å². The van der Waals surface area contributed by atoms with Gasteiger partial charge in [0, 0.05) is 35.6 Å². The Kier molecular flexibility index (Phi) is 6.31. The van der Waals surface area contributed by atoms with E-state index in [1.54, 1.807) is 30.3 Å². The van der Waals surface area contributed by atoms with Crippen LogP contribution in [0.15, 0.2) is 84.4 Å². The van der Waals surface area contributed by atoms with Crippen LogP contribution in [0.3, 0.4) is 0 Å². The Morgan fingerprint density at radius 2 is 1.57 bits per heavy atom. The third-order valence-corrected chi connectivity index (χ3v) is 6.49. The van der Waals surface area contributed by atoms with Crippen molar-refractivity contribution < 1.29 is 23.5 Å². The van der Waals surface area contributed by atoms with Gasteiger partial charge >= 0.3 is 5.97 Å². The first kappa shape index (κ1) is 24.0. The zero-order chi connectivity index (χ0) is 26.1. The Balaban J connectivity index is 1.47. The maximum absolute atomic E-state index is 15.9. The van der Waals surface area contributed by atoms with Crippen molar-refractivity contribution in [3.63, 3.8) is 0 Å². The average molecular weight is 500 g/mol. The van der Waals surface area contributed by atoms with Crippen LogP contribution in [-0.4, -0.2) is 29.9 Å². The molecular weight excluding hydrogens is 476 g/mol. The van der Waals surface area contributed by atoms with Crippen molar-refractivity contribution in [2.24, 2.45) is 0 Å². The van der Waals surface area contributed by atoms with Crippen LogP contribution >= 0.6 is 0 Å². The molecule has 0 amide bonds. The summed E-state index contributed by atoms with van der Waals surface area (Å²) in [4.78, 5) is 24.6. The van der Waals surface area contributed by atoms with Crippen LogP contribution in [0.25, 0.3) is 10.8 Å². The van der Waals surface area contributed by atoms with E-state index in [4.69, 9.17) is 5.73 Å². The minimum Gasteiger partial charge on any atom is -0.478 e. The van der Waals surface area contributed by atoms with Gasteiger partial charge in [-0.2, -0.15) is 0 Å². The van der Waals surface area contributed by atoms with Crippen molar-refractivity contribution in [2.45, 2.75) is 5.92 Å². The Bertz CT molecular complexity index is 1560. The molecule has 8 heteroatoms. The average Bonchev–Trinajstić information content (AvgIpc) is 2.91. The molecule has 0 saturated heterocycles. The molecule has 1 unspecified atom stereocenters. The molecule has 0 spiro atoms. The van der Waals surface area contributed by atoms with Gasteiger partial charge in [0.1, 0.15) is 11.3 Å². The molecule has 0 bridgehead atoms. The lowest BCUT2D eigenvalue weighted by Crippen LogP contribution is -2.26. The van der Waals surface area contributed by atoms with Gasteiger partial charge in [-0.25, -0.2) is 13.6 Å². The zero-order valence-corrected chi connectivity index (χ0v) is 19.6. The first-order valence-electron chi connectivity index (χ1n) is 11.7. The molecule has 5 rings (SSSR count). The van der Waals surface area contributed by atoms with E-state index in [1.807, 2.05) is 42.5 Å². The quantitative estimate of drug-likeness (QED) is 0.151. The molecule has 5 N–H and O–H groups in total. The monoisotopic (exact) mass is 499 g/mol. The van der Waals surface area contributed by atoms with Gasteiger partial charge < -0.3 is 21.5 Å². The Labute approximate surface area is 211 Å². The summed E-state index contributed by atoms with van der Waals surface area (Å²) in [6.07, 6.45) is 1.19. The summed E-state index contributed by atoms with van der Waals surface area (Å²) in [5.74, 6) is -5.55. The second-order valence-electron chi connectivity index (χ2n) is 8.69. The van der Waals surface area contributed by atoms with Crippen molar-refractivity contribution in [3.05, 3.63) is 113 Å². The fraction of sp³-hybridized carbons (Fsp3) is 0.103. The van der Waals surface area contributed by atoms with Crippen molar-refractivity contribution in [2.75, 3.05) is 29.5 Å². The summed E-state index contributed by atoms with van der Waals surface area (Å²) in [5, 5.41) is 17.7. The number of aliphatic carboxylic acids is 1. The van der Waals surface area contributed by atoms with E-state index in [2.05, 4.69) is 10.6 Å². The van der Waals surface area contributed by atoms with E-state index in [0.717, 1.165) is 16.5 Å². The molecule has 0 heterocycles. The topological polar surface area (TPSA) is 104 Å². The molecule has 0 aromatic heterocycles. The molecule has 6 nitrogen and oxygen atoms in total. The molecule has 0 saturated carbocycles. The van der Waals surface area contributed by atoms with E-state index in [-0.39, 0.29) is 12.1 Å². The molecule has 1 aliphatic carbocycles. The first-order valence-corrected chi connectivity index (χ1v) is 11.7. The Morgan fingerprint density at radius 3 is 2.32 bits per heavy atom. The highest BCUT2D eigenvalue weighted by molar-refractivity contribution is 6.27. The van der Waals surface area contributed by atoms with Crippen molar-refractivity contribution in [1.29, 1.82) is 0 Å². The van der Waals surface area contributed by atoms with E-state index < -0.39 is 51.8 Å². The number of halogens is 2. The zero-order valence-electron chi connectivity index (χ0n) is 19.6. The summed E-state index contributed by atoms with van der Waals surface area (Å²) in [5.41, 5.74) is 5.19. The lowest BCUT2D eigenvalue weighted by atomic mass is 9.78. The number of carboxylic acids is 1. The SMILES string of the molecule is Nc1c(F)c(NCCNc2cccc3ccccc23)c(F)c2c1C(=O)C(C(=O)O)=CC2c1ccccc1. The summed E-state index contributed by atoms with van der Waals surface area (Å²) in [7, 11) is 0. The number of nitrogen functional groups attached to an aromatic ring is 1. The second kappa shape index (κ2) is 9.73. The maximum atomic E-state index is 15.9. The number of benzene rings is 4. The first-order chi connectivity index (χ1) is 17.9. The number of fused-ring (bicyclic) bond motifs is 2. The summed E-state index contributed by atoms with van der Waals surface area (Å²) in [6, 6.07) is 22.2. The second-order valence-corrected chi connectivity index (χ2v) is 8.69. The highest BCUT2D eigenvalue weighted by Gasteiger charge is 2.38. The Hall–Kier alpha value is -4.72. The van der Waals surface area contributed by atoms with Gasteiger partial charge in [0.2, 0.25) is 5.78 Å². The minimum atomic E-state index is -1.49. The number of nitrogens with two attached hydrogens (primary N) is 1. The summed E-state index contributed by atoms with van der Waals surface area (Å²) < 4.78 is 31.2. The maximum Gasteiger partial charge on any atom is 0.339 e. The van der Waals surface area contributed by atoms with Gasteiger partial charge in [-0.3, -0.25) is 4.79 Å². The number of hydrogen-bond donors (Lipinski definition) is 4. The molecule has 186 valence electrons. The van der Waals surface area contributed by atoms with Crippen molar-refractivity contribution in [3.8, 4) is 0 Å². The molecule has 0 aliphatic heterocycles. The lowest BCUT2D eigenvalue weighted by Gasteiger charge is -2.26. The third kappa shape index (κ3) is 4.27. The van der Waals surface area contributed by atoms with Crippen LogP contribution in [0.5, 0.6) is 0 Å². The van der Waals surface area contributed by atoms with Crippen LogP contribution in [0, 0.1) is 11.6 Å². The normalized spacial score (nSPS) is 14.7. The molecule has 37 heavy (non-hydrogen) atoms. The minimum absolute atomic E-state index is 0.148. The number of Topliss-reactive ketones (excluding diaryl/α,β-unsaturated/α-hetero) is 1. The number of allylic oxidation sites excluding steroid dienone is 1. The predicted molar refractivity (Wildman–Crippen MR) is 140 cm³/mol. The standard InChI is InChI=1S/C29H23F2N3O3/c30-24-22-19(17-7-2-1-3-8-17)15-20(29(36)37)28(35)23(22)26(32)25(31)27(24)34-14-13-33-21-12-6-10-16-9-4-5-11-18(16)21/h1-12,15,19,33-34H,13-14,32H2,(H,36,37). The predicted octanol–water partition coefficient (Wildman–Crippen LogP) is 5.56. The molecule has 1 aliphatic rings. The van der Waals surface area contributed by atoms with Gasteiger partial charge in [0.05, 0.1) is 11.3 Å². The molecule has 1 atom stereocenters. The van der Waals surface area contributed by atoms with Gasteiger partial charge in [-0.15, -0.1) is 0 Å². The van der Waals surface area contributed by atoms with Crippen LogP contribution in [0.1, 0.15) is 27.4 Å². The van der Waals surface area contributed by atoms with E-state index >= 15 is 8.78 Å². The van der Waals surface area contributed by atoms with Crippen LogP contribution in [-0.2, 0) is 4.79 Å². The molecular formula is C29H23F2N3O3. The number of anilines is 3. The fourth-order valence-electron chi connectivity index (χ4n) is 4.74. The van der Waals surface area contributed by atoms with E-state index in [9.17, 15) is 14.7 Å². The number of rotatable bonds is 7. The largest absolute Gasteiger partial charge is 0.478 e. The van der Waals surface area contributed by atoms with Crippen LogP contribution < -0.4 is 16.4 Å². The van der Waals surface area contributed by atoms with Crippen LogP contribution in [0.4, 0.5) is 25.8 Å². The number of carboxylic acid groups (broad SMARTS) is 1. The van der Waals surface area contributed by atoms with E-state index in [1.165, 1.54) is 6.08 Å². The smallest absolute Gasteiger partial charge is 0.339 e. The number of carbonyl (C=O) groups is 2. The molecule has 4 aromatic rings. The summed E-state index contributed by atoms with van der Waals surface area (Å²) >= 11 is 0. The molecule has 4 aromatic carbocycles. The van der Waals surface area contributed by atoms with Gasteiger partial charge in [-0.05, 0) is 17.0 Å². The number of hydrogen-bond acceptors (Lipinski definition) is 5. The van der Waals surface area contributed by atoms with Crippen LogP contribution in [0.2, 0.25) is 0 Å². The highest BCUT2D eigenvalue weighted by atomic mass is 19.1. The van der Waals surface area contributed by atoms with Gasteiger partial charge in [0.25, 0.3) is 0 Å². The Morgan fingerprint density at radius 1 is 0.892 bits per heavy atom. The highest BCUT2D eigenvalue weighted by Crippen LogP contribution is 2.43. The van der Waals surface area contributed by atoms with Crippen molar-refractivity contribution >= 4 is 39.6 Å². The fourth-order valence-corrected chi connectivity index (χ4v) is 4.74. The third-order valence-electron chi connectivity index (χ3n) is 6.49. The number of nitrogens with one attached hydrogen (secondary N) is 2. The summed E-state index contributed by atoms with van der Waals surface area (Å²) in [6.45, 7) is 0.490. The molecule has 0 fully saturated rings. The molecule has 0 radical (unpaired) electrons. The lowest BCUT2D eigenvalue weighted by molar-refractivity contribution is -0.132.